The third-order valence-electron chi connectivity index (χ3n) is 5.70. The Kier molecular flexibility index (Phi) is 4.98. The highest BCUT2D eigenvalue weighted by atomic mass is 16.2. The van der Waals surface area contributed by atoms with Crippen LogP contribution in [0, 0.1) is 11.8 Å². The highest BCUT2D eigenvalue weighted by molar-refractivity contribution is 6.06. The molecule has 0 unspecified atom stereocenters. The van der Waals surface area contributed by atoms with E-state index < -0.39 is 0 Å². The number of nitrogens with zero attached hydrogens (tertiary/aromatic N) is 2. The van der Waals surface area contributed by atoms with Crippen molar-refractivity contribution in [2.45, 2.75) is 32.1 Å². The van der Waals surface area contributed by atoms with Crippen molar-refractivity contribution in [3.05, 3.63) is 36.4 Å². The largest absolute Gasteiger partial charge is 0.324 e. The maximum Gasteiger partial charge on any atom is 0.233 e. The smallest absolute Gasteiger partial charge is 0.233 e. The van der Waals surface area contributed by atoms with Crippen molar-refractivity contribution in [1.82, 2.24) is 4.90 Å². The number of allylic oxidation sites excluding steroid dienone is 2. The Morgan fingerprint density at radius 3 is 2.36 bits per heavy atom. The number of fused-ring (bicyclic) bond motifs is 1. The molecule has 4 rings (SSSR count). The van der Waals surface area contributed by atoms with Crippen molar-refractivity contribution in [3.63, 3.8) is 0 Å². The van der Waals surface area contributed by atoms with Gasteiger partial charge in [0.1, 0.15) is 0 Å². The van der Waals surface area contributed by atoms with Crippen LogP contribution in [0.4, 0.5) is 11.4 Å². The van der Waals surface area contributed by atoms with E-state index >= 15 is 0 Å². The van der Waals surface area contributed by atoms with Crippen LogP contribution in [-0.4, -0.2) is 41.6 Å². The molecule has 1 aromatic carbocycles. The van der Waals surface area contributed by atoms with Crippen LogP contribution in [-0.2, 0) is 19.2 Å². The number of nitrogens with one attached hydrogen (secondary N) is 1. The van der Waals surface area contributed by atoms with Crippen molar-refractivity contribution in [2.24, 2.45) is 11.8 Å². The number of carbonyl (C=O) groups is 4. The van der Waals surface area contributed by atoms with Crippen LogP contribution in [0.1, 0.15) is 32.1 Å². The Hall–Kier alpha value is -2.96. The van der Waals surface area contributed by atoms with E-state index in [9.17, 15) is 19.2 Å². The highest BCUT2D eigenvalue weighted by Gasteiger charge is 2.46. The van der Waals surface area contributed by atoms with E-state index in [0.717, 1.165) is 6.42 Å². The van der Waals surface area contributed by atoms with Crippen LogP contribution in [0.25, 0.3) is 0 Å². The van der Waals surface area contributed by atoms with Crippen molar-refractivity contribution < 1.29 is 19.2 Å². The average Bonchev–Trinajstić information content (AvgIpc) is 3.23. The monoisotopic (exact) mass is 381 g/mol. The van der Waals surface area contributed by atoms with Gasteiger partial charge in [-0.15, -0.1) is 0 Å². The first kappa shape index (κ1) is 18.4. The summed E-state index contributed by atoms with van der Waals surface area (Å²) < 4.78 is 0. The number of benzene rings is 1. The van der Waals surface area contributed by atoms with E-state index in [1.165, 1.54) is 4.90 Å². The molecule has 4 amide bonds. The molecule has 1 aromatic rings. The summed E-state index contributed by atoms with van der Waals surface area (Å²) in [5.41, 5.74) is 1.25. The summed E-state index contributed by atoms with van der Waals surface area (Å²) >= 11 is 0. The first-order chi connectivity index (χ1) is 13.6. The fraction of sp³-hybridized carbons (Fsp3) is 0.429. The molecule has 7 nitrogen and oxygen atoms in total. The summed E-state index contributed by atoms with van der Waals surface area (Å²) in [7, 11) is 0. The Morgan fingerprint density at radius 2 is 1.71 bits per heavy atom. The second-order valence-electron chi connectivity index (χ2n) is 7.45. The van der Waals surface area contributed by atoms with Crippen molar-refractivity contribution >= 4 is 35.0 Å². The average molecular weight is 381 g/mol. The molecule has 146 valence electrons. The van der Waals surface area contributed by atoms with Gasteiger partial charge in [0, 0.05) is 25.9 Å². The van der Waals surface area contributed by atoms with Crippen LogP contribution < -0.4 is 10.2 Å². The van der Waals surface area contributed by atoms with Gasteiger partial charge in [-0.3, -0.25) is 24.1 Å². The minimum absolute atomic E-state index is 0.0344. The summed E-state index contributed by atoms with van der Waals surface area (Å²) in [5, 5.41) is 2.83. The lowest BCUT2D eigenvalue weighted by atomic mass is 9.85. The number of hydrogen-bond acceptors (Lipinski definition) is 4. The van der Waals surface area contributed by atoms with Gasteiger partial charge in [-0.1, -0.05) is 24.3 Å². The molecule has 3 aliphatic rings. The fourth-order valence-corrected chi connectivity index (χ4v) is 4.23. The van der Waals surface area contributed by atoms with Gasteiger partial charge in [0.25, 0.3) is 0 Å². The predicted molar refractivity (Wildman–Crippen MR) is 103 cm³/mol. The second-order valence-corrected chi connectivity index (χ2v) is 7.45. The van der Waals surface area contributed by atoms with E-state index in [4.69, 9.17) is 0 Å². The van der Waals surface area contributed by atoms with Crippen molar-refractivity contribution in [2.75, 3.05) is 23.3 Å². The standard InChI is InChI=1S/C21H23N3O4/c25-18(11-13-24-20(27)14-6-1-2-7-15(14)21(24)28)22-16-8-3-4-9-17(16)23-12-5-10-19(23)26/h1-4,8-9,14-15H,5-7,10-13H2,(H,22,25)/t14-,15-/m1/s1. The molecule has 2 saturated heterocycles. The van der Waals surface area contributed by atoms with Gasteiger partial charge in [-0.05, 0) is 31.4 Å². The quantitative estimate of drug-likeness (QED) is 0.625. The normalized spacial score (nSPS) is 24.1. The predicted octanol–water partition coefficient (Wildman–Crippen LogP) is 2.09. The lowest BCUT2D eigenvalue weighted by Crippen LogP contribution is -2.34. The number of anilines is 2. The van der Waals surface area contributed by atoms with Gasteiger partial charge in [0.2, 0.25) is 23.6 Å². The van der Waals surface area contributed by atoms with E-state index in [1.54, 1.807) is 17.0 Å². The Balaban J connectivity index is 1.39. The third kappa shape index (κ3) is 3.32. The van der Waals surface area contributed by atoms with E-state index in [1.807, 2.05) is 24.3 Å². The van der Waals surface area contributed by atoms with Crippen LogP contribution in [0.3, 0.4) is 0 Å². The molecule has 28 heavy (non-hydrogen) atoms. The van der Waals surface area contributed by atoms with Gasteiger partial charge in [0.15, 0.2) is 0 Å². The molecule has 2 aliphatic heterocycles. The molecule has 0 bridgehead atoms. The van der Waals surface area contributed by atoms with Gasteiger partial charge >= 0.3 is 0 Å². The Labute approximate surface area is 163 Å². The molecule has 2 atom stereocenters. The number of imide groups is 1. The first-order valence-electron chi connectivity index (χ1n) is 9.75. The number of amides is 4. The van der Waals surface area contributed by atoms with Crippen LogP contribution >= 0.6 is 0 Å². The van der Waals surface area contributed by atoms with Crippen LogP contribution in [0.2, 0.25) is 0 Å². The molecule has 1 N–H and O–H groups in total. The van der Waals surface area contributed by atoms with Gasteiger partial charge < -0.3 is 10.2 Å². The van der Waals surface area contributed by atoms with Crippen LogP contribution in [0.5, 0.6) is 0 Å². The van der Waals surface area contributed by atoms with E-state index in [2.05, 4.69) is 5.32 Å². The lowest BCUT2D eigenvalue weighted by molar-refractivity contribution is -0.140. The zero-order valence-electron chi connectivity index (χ0n) is 15.6. The maximum atomic E-state index is 12.5. The SMILES string of the molecule is O=C(CCN1C(=O)[C@@H]2CC=CC[C@H]2C1=O)Nc1ccccc1N1CCCC1=O. The summed E-state index contributed by atoms with van der Waals surface area (Å²) in [6.07, 6.45) is 6.42. The third-order valence-corrected chi connectivity index (χ3v) is 5.70. The van der Waals surface area contributed by atoms with Gasteiger partial charge in [-0.25, -0.2) is 0 Å². The molecule has 7 heteroatoms. The minimum Gasteiger partial charge on any atom is -0.324 e. The topological polar surface area (TPSA) is 86.8 Å². The van der Waals surface area contributed by atoms with Crippen LogP contribution in [0.15, 0.2) is 36.4 Å². The first-order valence-corrected chi connectivity index (χ1v) is 9.75. The molecule has 2 fully saturated rings. The zero-order chi connectivity index (χ0) is 19.7. The van der Waals surface area contributed by atoms with Gasteiger partial charge in [0.05, 0.1) is 23.2 Å². The Morgan fingerprint density at radius 1 is 1.04 bits per heavy atom. The zero-order valence-corrected chi connectivity index (χ0v) is 15.6. The number of likely N-dealkylation sites (tertiary alicyclic amines) is 1. The minimum atomic E-state index is -0.285. The number of carbonyl (C=O) groups excluding carboxylic acids is 4. The molecule has 0 radical (unpaired) electrons. The molecule has 0 aromatic heterocycles. The Bertz CT molecular complexity index is 837. The number of para-hydroxylation sites is 2. The molecule has 1 aliphatic carbocycles. The summed E-state index contributed by atoms with van der Waals surface area (Å²) in [5.74, 6) is -1.13. The second kappa shape index (κ2) is 7.58. The number of hydrogen-bond donors (Lipinski definition) is 1. The molecular formula is C21H23N3O4. The summed E-state index contributed by atoms with van der Waals surface area (Å²) in [6, 6.07) is 7.19. The maximum absolute atomic E-state index is 12.5. The lowest BCUT2D eigenvalue weighted by Gasteiger charge is -2.20. The summed E-state index contributed by atoms with van der Waals surface area (Å²) in [6.45, 7) is 0.723. The summed E-state index contributed by atoms with van der Waals surface area (Å²) in [4.78, 5) is 52.4. The van der Waals surface area contributed by atoms with Crippen molar-refractivity contribution in [3.8, 4) is 0 Å². The molecule has 2 heterocycles. The number of rotatable bonds is 5. The molecule has 0 saturated carbocycles. The molecular weight excluding hydrogens is 358 g/mol. The van der Waals surface area contributed by atoms with Gasteiger partial charge in [-0.2, -0.15) is 0 Å². The van der Waals surface area contributed by atoms with E-state index in [-0.39, 0.29) is 48.4 Å². The van der Waals surface area contributed by atoms with Crippen molar-refractivity contribution in [1.29, 1.82) is 0 Å². The highest BCUT2D eigenvalue weighted by Crippen LogP contribution is 2.35. The fourth-order valence-electron chi connectivity index (χ4n) is 4.23. The van der Waals surface area contributed by atoms with E-state index in [0.29, 0.717) is 37.2 Å². The molecule has 0 spiro atoms.